The van der Waals surface area contributed by atoms with Gasteiger partial charge in [0.2, 0.25) is 5.91 Å². The van der Waals surface area contributed by atoms with Gasteiger partial charge in [0.15, 0.2) is 0 Å². The molecule has 0 radical (unpaired) electrons. The average Bonchev–Trinajstić information content (AvgIpc) is 2.71. The van der Waals surface area contributed by atoms with Crippen LogP contribution in [0.15, 0.2) is 54.6 Å². The van der Waals surface area contributed by atoms with Crippen LogP contribution in [0.25, 0.3) is 0 Å². The summed E-state index contributed by atoms with van der Waals surface area (Å²) in [6.07, 6.45) is 0. The van der Waals surface area contributed by atoms with Gasteiger partial charge in [-0.05, 0) is 24.3 Å². The van der Waals surface area contributed by atoms with Crippen molar-refractivity contribution in [2.45, 2.75) is 0 Å². The lowest BCUT2D eigenvalue weighted by Crippen LogP contribution is -2.43. The second-order valence-electron chi connectivity index (χ2n) is 5.85. The van der Waals surface area contributed by atoms with Crippen molar-refractivity contribution < 1.29 is 19.0 Å². The van der Waals surface area contributed by atoms with Crippen LogP contribution in [0.3, 0.4) is 0 Å². The van der Waals surface area contributed by atoms with Gasteiger partial charge >= 0.3 is 0 Å². The summed E-state index contributed by atoms with van der Waals surface area (Å²) in [6, 6.07) is 17.2. The van der Waals surface area contributed by atoms with Crippen molar-refractivity contribution in [2.24, 2.45) is 0 Å². The first-order chi connectivity index (χ1) is 12.8. The molecule has 3 rings (SSSR count). The zero-order valence-corrected chi connectivity index (χ0v) is 14.7. The summed E-state index contributed by atoms with van der Waals surface area (Å²) in [7, 11) is 0. The topological polar surface area (TPSA) is 60.0 Å². The molecule has 26 heavy (non-hydrogen) atoms. The zero-order valence-electron chi connectivity index (χ0n) is 14.7. The minimum atomic E-state index is 0.0653. The molecule has 2 aromatic rings. The largest absolute Gasteiger partial charge is 0.490 e. The molecule has 1 saturated heterocycles. The van der Waals surface area contributed by atoms with Crippen molar-refractivity contribution >= 4 is 11.6 Å². The molecule has 1 aliphatic rings. The quantitative estimate of drug-likeness (QED) is 0.736. The van der Waals surface area contributed by atoms with Crippen LogP contribution in [0.4, 0.5) is 5.69 Å². The molecule has 0 atom stereocenters. The third-order valence-corrected chi connectivity index (χ3v) is 4.03. The normalized spacial score (nSPS) is 13.9. The fourth-order valence-corrected chi connectivity index (χ4v) is 2.66. The minimum absolute atomic E-state index is 0.0653. The molecule has 1 aliphatic heterocycles. The Kier molecular flexibility index (Phi) is 6.73. The summed E-state index contributed by atoms with van der Waals surface area (Å²) < 4.78 is 16.7. The van der Waals surface area contributed by atoms with Crippen molar-refractivity contribution in [3.05, 3.63) is 54.6 Å². The summed E-state index contributed by atoms with van der Waals surface area (Å²) in [5.41, 5.74) is 0.800. The number of hydrogen-bond donors (Lipinski definition) is 1. The number of nitrogens with one attached hydrogen (secondary N) is 1. The first kappa shape index (κ1) is 18.1. The highest BCUT2D eigenvalue weighted by molar-refractivity contribution is 5.81. The third kappa shape index (κ3) is 5.39. The predicted octanol–water partition coefficient (Wildman–Crippen LogP) is 2.42. The van der Waals surface area contributed by atoms with Crippen LogP contribution >= 0.6 is 0 Å². The van der Waals surface area contributed by atoms with Crippen LogP contribution in [0.5, 0.6) is 11.5 Å². The van der Waals surface area contributed by atoms with Gasteiger partial charge in [0.25, 0.3) is 0 Å². The number of para-hydroxylation sites is 3. The number of ether oxygens (including phenoxy) is 3. The lowest BCUT2D eigenvalue weighted by Gasteiger charge is -2.27. The molecule has 1 fully saturated rings. The first-order valence-electron chi connectivity index (χ1n) is 8.82. The highest BCUT2D eigenvalue weighted by Gasteiger charge is 2.16. The SMILES string of the molecule is O=C(CNc1ccccc1OCCOc1ccccc1)N1CCOCC1. The number of benzene rings is 2. The molecule has 0 unspecified atom stereocenters. The average molecular weight is 356 g/mol. The Morgan fingerprint density at radius 2 is 1.65 bits per heavy atom. The number of amides is 1. The van der Waals surface area contributed by atoms with Gasteiger partial charge < -0.3 is 24.4 Å². The second kappa shape index (κ2) is 9.68. The molecule has 0 aliphatic carbocycles. The molecular formula is C20H24N2O4. The maximum absolute atomic E-state index is 12.2. The van der Waals surface area contributed by atoms with E-state index in [1.807, 2.05) is 59.5 Å². The molecule has 1 N–H and O–H groups in total. The van der Waals surface area contributed by atoms with Gasteiger partial charge in [-0.1, -0.05) is 30.3 Å². The van der Waals surface area contributed by atoms with Crippen LogP contribution < -0.4 is 14.8 Å². The van der Waals surface area contributed by atoms with Crippen LogP contribution in [-0.2, 0) is 9.53 Å². The number of hydrogen-bond acceptors (Lipinski definition) is 5. The zero-order chi connectivity index (χ0) is 18.0. The van der Waals surface area contributed by atoms with Crippen LogP contribution in [-0.4, -0.2) is 56.9 Å². The van der Waals surface area contributed by atoms with Crippen molar-refractivity contribution in [2.75, 3.05) is 51.4 Å². The molecule has 1 amide bonds. The van der Waals surface area contributed by atoms with Gasteiger partial charge in [-0.3, -0.25) is 4.79 Å². The fraction of sp³-hybridized carbons (Fsp3) is 0.350. The highest BCUT2D eigenvalue weighted by atomic mass is 16.5. The Morgan fingerprint density at radius 3 is 2.46 bits per heavy atom. The van der Waals surface area contributed by atoms with Gasteiger partial charge in [0, 0.05) is 13.1 Å². The number of anilines is 1. The fourth-order valence-electron chi connectivity index (χ4n) is 2.66. The third-order valence-electron chi connectivity index (χ3n) is 4.03. The van der Waals surface area contributed by atoms with Gasteiger partial charge in [-0.25, -0.2) is 0 Å². The summed E-state index contributed by atoms with van der Waals surface area (Å²) in [6.45, 7) is 3.61. The van der Waals surface area contributed by atoms with Crippen molar-refractivity contribution in [1.29, 1.82) is 0 Å². The van der Waals surface area contributed by atoms with Crippen LogP contribution in [0, 0.1) is 0 Å². The molecule has 0 bridgehead atoms. The maximum Gasteiger partial charge on any atom is 0.242 e. The number of carbonyl (C=O) groups excluding carboxylic acids is 1. The molecule has 0 aromatic heterocycles. The van der Waals surface area contributed by atoms with Gasteiger partial charge in [-0.2, -0.15) is 0 Å². The van der Waals surface area contributed by atoms with E-state index in [0.717, 1.165) is 11.4 Å². The van der Waals surface area contributed by atoms with E-state index < -0.39 is 0 Å². The summed E-state index contributed by atoms with van der Waals surface area (Å²) in [4.78, 5) is 14.1. The van der Waals surface area contributed by atoms with E-state index in [2.05, 4.69) is 5.32 Å². The molecular weight excluding hydrogens is 332 g/mol. The molecule has 6 heteroatoms. The molecule has 1 heterocycles. The van der Waals surface area contributed by atoms with Gasteiger partial charge in [0.05, 0.1) is 25.4 Å². The lowest BCUT2D eigenvalue weighted by molar-refractivity contribution is -0.133. The van der Waals surface area contributed by atoms with E-state index >= 15 is 0 Å². The summed E-state index contributed by atoms with van der Waals surface area (Å²) in [5.74, 6) is 1.59. The first-order valence-corrected chi connectivity index (χ1v) is 8.82. The predicted molar refractivity (Wildman–Crippen MR) is 99.8 cm³/mol. The smallest absolute Gasteiger partial charge is 0.242 e. The Morgan fingerprint density at radius 1 is 0.962 bits per heavy atom. The van der Waals surface area contributed by atoms with Crippen molar-refractivity contribution in [3.63, 3.8) is 0 Å². The van der Waals surface area contributed by atoms with Crippen LogP contribution in [0.1, 0.15) is 0 Å². The Labute approximate surface area is 153 Å². The molecule has 138 valence electrons. The van der Waals surface area contributed by atoms with Crippen LogP contribution in [0.2, 0.25) is 0 Å². The van der Waals surface area contributed by atoms with E-state index in [1.54, 1.807) is 0 Å². The van der Waals surface area contributed by atoms with Crippen molar-refractivity contribution in [3.8, 4) is 11.5 Å². The number of morpholine rings is 1. The summed E-state index contributed by atoms with van der Waals surface area (Å²) in [5, 5.41) is 3.17. The van der Waals surface area contributed by atoms with E-state index in [1.165, 1.54) is 0 Å². The van der Waals surface area contributed by atoms with E-state index in [0.29, 0.717) is 45.3 Å². The number of carbonyl (C=O) groups is 1. The van der Waals surface area contributed by atoms with E-state index in [4.69, 9.17) is 14.2 Å². The standard InChI is InChI=1S/C20H24N2O4/c23-20(22-10-12-24-13-11-22)16-21-18-8-4-5-9-19(18)26-15-14-25-17-6-2-1-3-7-17/h1-9,21H,10-16H2. The van der Waals surface area contributed by atoms with E-state index in [-0.39, 0.29) is 12.5 Å². The van der Waals surface area contributed by atoms with Gasteiger partial charge in [-0.15, -0.1) is 0 Å². The molecule has 0 saturated carbocycles. The Bertz CT molecular complexity index is 687. The van der Waals surface area contributed by atoms with Crippen molar-refractivity contribution in [1.82, 2.24) is 4.90 Å². The van der Waals surface area contributed by atoms with E-state index in [9.17, 15) is 4.79 Å². The Balaban J connectivity index is 1.45. The minimum Gasteiger partial charge on any atom is -0.490 e. The maximum atomic E-state index is 12.2. The van der Waals surface area contributed by atoms with Gasteiger partial charge in [0.1, 0.15) is 24.7 Å². The molecule has 6 nitrogen and oxygen atoms in total. The Hall–Kier alpha value is -2.73. The molecule has 2 aromatic carbocycles. The summed E-state index contributed by atoms with van der Waals surface area (Å²) >= 11 is 0. The second-order valence-corrected chi connectivity index (χ2v) is 5.85. The molecule has 0 spiro atoms. The number of nitrogens with zero attached hydrogens (tertiary/aromatic N) is 1. The monoisotopic (exact) mass is 356 g/mol. The lowest BCUT2D eigenvalue weighted by atomic mass is 10.3. The highest BCUT2D eigenvalue weighted by Crippen LogP contribution is 2.23. The number of rotatable bonds is 8.